The van der Waals surface area contributed by atoms with Gasteiger partial charge >= 0.3 is 0 Å². The third-order valence-corrected chi connectivity index (χ3v) is 5.17. The Morgan fingerprint density at radius 2 is 2.03 bits per heavy atom. The highest BCUT2D eigenvalue weighted by Crippen LogP contribution is 2.27. The third-order valence-electron chi connectivity index (χ3n) is 5.17. The van der Waals surface area contributed by atoms with Crippen molar-refractivity contribution in [3.8, 4) is 11.8 Å². The van der Waals surface area contributed by atoms with Gasteiger partial charge in [0.15, 0.2) is 0 Å². The number of hydrogen-bond donors (Lipinski definition) is 3. The van der Waals surface area contributed by atoms with E-state index in [1.54, 1.807) is 17.0 Å². The molecule has 2 heterocycles. The second kappa shape index (κ2) is 8.82. The second-order valence-corrected chi connectivity index (χ2v) is 7.63. The number of para-hydroxylation sites is 1. The molecule has 4 aromatic rings. The lowest BCUT2D eigenvalue weighted by molar-refractivity contribution is 0.0959. The van der Waals surface area contributed by atoms with Crippen molar-refractivity contribution in [2.75, 3.05) is 11.9 Å². The van der Waals surface area contributed by atoms with Crippen LogP contribution in [0.5, 0.6) is 0 Å². The van der Waals surface area contributed by atoms with Crippen LogP contribution in [-0.4, -0.2) is 33.5 Å². The fourth-order valence-corrected chi connectivity index (χ4v) is 3.32. The summed E-state index contributed by atoms with van der Waals surface area (Å²) in [6.45, 7) is 0.357. The second-order valence-electron chi connectivity index (χ2n) is 7.63. The number of carbonyl (C=O) groups excluding carboxylic acids is 1. The molecule has 1 saturated carbocycles. The van der Waals surface area contributed by atoms with Crippen molar-refractivity contribution >= 4 is 34.4 Å². The molecule has 0 atom stereocenters. The lowest BCUT2D eigenvalue weighted by Gasteiger charge is -2.11. The summed E-state index contributed by atoms with van der Waals surface area (Å²) in [5.41, 5.74) is 3.77. The fourth-order valence-electron chi connectivity index (χ4n) is 3.32. The van der Waals surface area contributed by atoms with E-state index in [-0.39, 0.29) is 5.91 Å². The normalized spacial score (nSPS) is 13.1. The molecule has 0 radical (unpaired) electrons. The van der Waals surface area contributed by atoms with Crippen LogP contribution in [0.25, 0.3) is 10.9 Å². The summed E-state index contributed by atoms with van der Waals surface area (Å²) in [5, 5.41) is 19.0. The number of rotatable bonds is 6. The molecule has 2 aromatic carbocycles. The number of anilines is 2. The summed E-state index contributed by atoms with van der Waals surface area (Å²) in [7, 11) is 0. The average Bonchev–Trinajstić information content (AvgIpc) is 3.32. The van der Waals surface area contributed by atoms with E-state index in [1.807, 2.05) is 60.9 Å². The van der Waals surface area contributed by atoms with E-state index in [2.05, 4.69) is 37.8 Å². The first-order chi connectivity index (χ1) is 15.8. The van der Waals surface area contributed by atoms with Gasteiger partial charge in [0.1, 0.15) is 0 Å². The standard InChI is InChI=1S/C25H22N6O/c32-25(26-13-5-6-18-9-10-18)21-7-1-2-8-22(21)28-19-11-12-20-23(16-19)29-30-24(20)17-27-31-14-3-4-15-31/h1-4,7-8,11-12,14-18,28H,9-10,13H2,(H,26,32)(H,29,30)/b27-17+. The largest absolute Gasteiger partial charge is 0.355 e. The van der Waals surface area contributed by atoms with Crippen molar-refractivity contribution in [1.29, 1.82) is 0 Å². The molecule has 32 heavy (non-hydrogen) atoms. The monoisotopic (exact) mass is 422 g/mol. The number of H-pyrrole nitrogens is 1. The molecule has 7 nitrogen and oxygen atoms in total. The van der Waals surface area contributed by atoms with Gasteiger partial charge in [-0.1, -0.05) is 24.0 Å². The smallest absolute Gasteiger partial charge is 0.254 e. The summed E-state index contributed by atoms with van der Waals surface area (Å²) in [5.74, 6) is 6.56. The summed E-state index contributed by atoms with van der Waals surface area (Å²) >= 11 is 0. The number of aromatic amines is 1. The van der Waals surface area contributed by atoms with E-state index in [0.29, 0.717) is 18.0 Å². The Morgan fingerprint density at radius 1 is 1.19 bits per heavy atom. The zero-order valence-corrected chi connectivity index (χ0v) is 17.4. The average molecular weight is 422 g/mol. The van der Waals surface area contributed by atoms with Crippen molar-refractivity contribution < 1.29 is 4.79 Å². The van der Waals surface area contributed by atoms with Gasteiger partial charge in [-0.05, 0) is 55.3 Å². The molecule has 1 aliphatic carbocycles. The summed E-state index contributed by atoms with van der Waals surface area (Å²) in [6.07, 6.45) is 7.83. The molecule has 158 valence electrons. The highest BCUT2D eigenvalue weighted by molar-refractivity contribution is 6.01. The van der Waals surface area contributed by atoms with Crippen LogP contribution >= 0.6 is 0 Å². The molecular weight excluding hydrogens is 400 g/mol. The zero-order chi connectivity index (χ0) is 21.8. The van der Waals surface area contributed by atoms with Gasteiger partial charge in [-0.25, -0.2) is 4.68 Å². The van der Waals surface area contributed by atoms with E-state index in [1.165, 1.54) is 12.8 Å². The number of fused-ring (bicyclic) bond motifs is 1. The van der Waals surface area contributed by atoms with Crippen LogP contribution in [0.4, 0.5) is 11.4 Å². The Bertz CT molecular complexity index is 1340. The molecule has 1 aliphatic rings. The van der Waals surface area contributed by atoms with Crippen molar-refractivity contribution in [2.45, 2.75) is 12.8 Å². The molecule has 0 bridgehead atoms. The number of amides is 1. The predicted octanol–water partition coefficient (Wildman–Crippen LogP) is 4.13. The molecule has 0 saturated heterocycles. The van der Waals surface area contributed by atoms with Crippen LogP contribution in [0, 0.1) is 17.8 Å². The molecule has 1 amide bonds. The Morgan fingerprint density at radius 3 is 2.88 bits per heavy atom. The quantitative estimate of drug-likeness (QED) is 0.322. The minimum Gasteiger partial charge on any atom is -0.355 e. The van der Waals surface area contributed by atoms with E-state index >= 15 is 0 Å². The Hall–Kier alpha value is -4.31. The Kier molecular flexibility index (Phi) is 5.41. The van der Waals surface area contributed by atoms with Crippen LogP contribution < -0.4 is 10.6 Å². The molecular formula is C25H22N6O. The molecule has 7 heteroatoms. The van der Waals surface area contributed by atoms with Gasteiger partial charge in [0.05, 0.1) is 35.2 Å². The van der Waals surface area contributed by atoms with E-state index in [9.17, 15) is 4.79 Å². The number of hydrogen-bond acceptors (Lipinski definition) is 4. The van der Waals surface area contributed by atoms with Crippen LogP contribution in [-0.2, 0) is 0 Å². The van der Waals surface area contributed by atoms with Gasteiger partial charge in [0.25, 0.3) is 5.91 Å². The molecule has 0 spiro atoms. The van der Waals surface area contributed by atoms with Crippen LogP contribution in [0.1, 0.15) is 28.9 Å². The molecule has 3 N–H and O–H groups in total. The van der Waals surface area contributed by atoms with Crippen LogP contribution in [0.2, 0.25) is 0 Å². The van der Waals surface area contributed by atoms with Crippen molar-refractivity contribution in [3.63, 3.8) is 0 Å². The van der Waals surface area contributed by atoms with Crippen molar-refractivity contribution in [3.05, 3.63) is 78.2 Å². The zero-order valence-electron chi connectivity index (χ0n) is 17.4. The lowest BCUT2D eigenvalue weighted by atomic mass is 10.1. The molecule has 1 fully saturated rings. The van der Waals surface area contributed by atoms with Crippen LogP contribution in [0.15, 0.2) is 72.1 Å². The van der Waals surface area contributed by atoms with Gasteiger partial charge in [0.2, 0.25) is 0 Å². The number of nitrogens with one attached hydrogen (secondary N) is 3. The molecule has 0 unspecified atom stereocenters. The fraction of sp³-hybridized carbons (Fsp3) is 0.160. The maximum absolute atomic E-state index is 12.6. The first-order valence-electron chi connectivity index (χ1n) is 10.5. The Balaban J connectivity index is 1.31. The van der Waals surface area contributed by atoms with E-state index < -0.39 is 0 Å². The van der Waals surface area contributed by atoms with Gasteiger partial charge < -0.3 is 10.6 Å². The van der Waals surface area contributed by atoms with Crippen molar-refractivity contribution in [1.82, 2.24) is 20.2 Å². The maximum atomic E-state index is 12.6. The summed E-state index contributed by atoms with van der Waals surface area (Å²) in [4.78, 5) is 12.6. The third kappa shape index (κ3) is 4.55. The highest BCUT2D eigenvalue weighted by Gasteiger charge is 2.17. The first kappa shape index (κ1) is 19.6. The van der Waals surface area contributed by atoms with Gasteiger partial charge in [-0.2, -0.15) is 10.2 Å². The summed E-state index contributed by atoms with van der Waals surface area (Å²) < 4.78 is 1.72. The van der Waals surface area contributed by atoms with Gasteiger partial charge in [-0.3, -0.25) is 9.89 Å². The maximum Gasteiger partial charge on any atom is 0.254 e. The molecule has 5 rings (SSSR count). The minimum atomic E-state index is -0.150. The highest BCUT2D eigenvalue weighted by atomic mass is 16.1. The van der Waals surface area contributed by atoms with E-state index in [4.69, 9.17) is 0 Å². The van der Waals surface area contributed by atoms with E-state index in [0.717, 1.165) is 28.0 Å². The summed E-state index contributed by atoms with van der Waals surface area (Å²) in [6, 6.07) is 17.1. The lowest BCUT2D eigenvalue weighted by Crippen LogP contribution is -2.24. The SMILES string of the molecule is O=C(NCC#CC1CC1)c1ccccc1Nc1ccc2c(/C=N/n3cccc3)[nH]nc2c1. The number of carbonyl (C=O) groups is 1. The van der Waals surface area contributed by atoms with Gasteiger partial charge in [0, 0.05) is 29.4 Å². The van der Waals surface area contributed by atoms with Gasteiger partial charge in [-0.15, -0.1) is 0 Å². The Labute approximate surface area is 185 Å². The minimum absolute atomic E-state index is 0.150. The van der Waals surface area contributed by atoms with Crippen LogP contribution in [0.3, 0.4) is 0 Å². The number of aromatic nitrogens is 3. The molecule has 0 aliphatic heterocycles. The topological polar surface area (TPSA) is 87.1 Å². The number of benzene rings is 2. The van der Waals surface area contributed by atoms with Crippen molar-refractivity contribution in [2.24, 2.45) is 11.0 Å². The predicted molar refractivity (Wildman–Crippen MR) is 126 cm³/mol. The number of nitrogens with zero attached hydrogens (tertiary/aromatic N) is 3. The molecule has 2 aromatic heterocycles. The first-order valence-corrected chi connectivity index (χ1v) is 10.5.